The summed E-state index contributed by atoms with van der Waals surface area (Å²) in [6.45, 7) is 0. The Balaban J connectivity index is 1.92. The van der Waals surface area contributed by atoms with E-state index >= 15 is 0 Å². The van der Waals surface area contributed by atoms with Gasteiger partial charge in [0.15, 0.2) is 0 Å². The van der Waals surface area contributed by atoms with Crippen LogP contribution in [0.15, 0.2) is 54.7 Å². The average Bonchev–Trinajstić information content (AvgIpc) is 2.61. The maximum Gasteiger partial charge on any atom is 0.328 e. The molecule has 2 aromatic rings. The zero-order valence-corrected chi connectivity index (χ0v) is 13.1. The molecule has 1 N–H and O–H groups in total. The maximum atomic E-state index is 12.1. The predicted octanol–water partition coefficient (Wildman–Crippen LogP) is 2.38. The molecule has 0 aliphatic carbocycles. The Morgan fingerprint density at radius 2 is 1.87 bits per heavy atom. The number of benzene rings is 1. The summed E-state index contributed by atoms with van der Waals surface area (Å²) in [4.78, 5) is 28.0. The Bertz CT molecular complexity index is 629. The fraction of sp³-hybridized carbons (Fsp3) is 0.278. The number of hydrogen-bond acceptors (Lipinski definition) is 4. The van der Waals surface area contributed by atoms with Crippen LogP contribution >= 0.6 is 0 Å². The Morgan fingerprint density at radius 1 is 1.13 bits per heavy atom. The van der Waals surface area contributed by atoms with Gasteiger partial charge in [0.2, 0.25) is 0 Å². The molecule has 120 valence electrons. The lowest BCUT2D eigenvalue weighted by Crippen LogP contribution is -2.41. The van der Waals surface area contributed by atoms with Crippen molar-refractivity contribution in [3.05, 3.63) is 66.0 Å². The molecule has 0 spiro atoms. The van der Waals surface area contributed by atoms with Crippen molar-refractivity contribution in [2.75, 3.05) is 7.11 Å². The molecule has 0 saturated heterocycles. The van der Waals surface area contributed by atoms with Crippen molar-refractivity contribution in [2.24, 2.45) is 0 Å². The highest BCUT2D eigenvalue weighted by Crippen LogP contribution is 2.08. The van der Waals surface area contributed by atoms with Crippen molar-refractivity contribution in [3.63, 3.8) is 0 Å². The zero-order chi connectivity index (χ0) is 16.5. The number of ether oxygens (including phenoxy) is 1. The summed E-state index contributed by atoms with van der Waals surface area (Å²) in [7, 11) is 1.32. The number of aromatic nitrogens is 1. The third-order valence-electron chi connectivity index (χ3n) is 3.49. The van der Waals surface area contributed by atoms with Gasteiger partial charge in [0.25, 0.3) is 5.91 Å². The molecule has 0 aliphatic rings. The summed E-state index contributed by atoms with van der Waals surface area (Å²) in [5, 5.41) is 2.69. The second kappa shape index (κ2) is 8.68. The third kappa shape index (κ3) is 5.21. The Hall–Kier alpha value is -2.69. The van der Waals surface area contributed by atoms with Crippen molar-refractivity contribution in [1.29, 1.82) is 0 Å². The van der Waals surface area contributed by atoms with Gasteiger partial charge in [-0.05, 0) is 37.0 Å². The number of esters is 1. The number of pyridine rings is 1. The van der Waals surface area contributed by atoms with Gasteiger partial charge in [0.05, 0.1) is 7.11 Å². The molecule has 0 fully saturated rings. The molecule has 1 heterocycles. The standard InChI is InChI=1S/C18H20N2O3/c1-23-18(22)16(12-7-10-14-8-3-2-4-9-14)20-17(21)15-11-5-6-13-19-15/h2-6,8-9,11,13,16H,7,10,12H2,1H3,(H,20,21)/t16-/m1/s1. The largest absolute Gasteiger partial charge is 0.467 e. The van der Waals surface area contributed by atoms with E-state index in [-0.39, 0.29) is 11.6 Å². The van der Waals surface area contributed by atoms with Gasteiger partial charge in [-0.3, -0.25) is 9.78 Å². The molecule has 0 aliphatic heterocycles. The van der Waals surface area contributed by atoms with Crippen LogP contribution in [0.2, 0.25) is 0 Å². The van der Waals surface area contributed by atoms with E-state index in [1.165, 1.54) is 18.9 Å². The SMILES string of the molecule is COC(=O)[C@@H](CCCc1ccccc1)NC(=O)c1ccccn1. The first-order valence-corrected chi connectivity index (χ1v) is 7.54. The Labute approximate surface area is 135 Å². The Morgan fingerprint density at radius 3 is 2.52 bits per heavy atom. The van der Waals surface area contributed by atoms with E-state index in [9.17, 15) is 9.59 Å². The highest BCUT2D eigenvalue weighted by molar-refractivity contribution is 5.95. The van der Waals surface area contributed by atoms with E-state index in [0.717, 1.165) is 12.8 Å². The van der Waals surface area contributed by atoms with Crippen LogP contribution in [0.5, 0.6) is 0 Å². The van der Waals surface area contributed by atoms with Gasteiger partial charge < -0.3 is 10.1 Å². The minimum atomic E-state index is -0.668. The highest BCUT2D eigenvalue weighted by Gasteiger charge is 2.22. The number of carbonyl (C=O) groups excluding carboxylic acids is 2. The summed E-state index contributed by atoms with van der Waals surface area (Å²) in [6.07, 6.45) is 3.66. The van der Waals surface area contributed by atoms with E-state index in [1.54, 1.807) is 18.2 Å². The molecule has 5 heteroatoms. The molecule has 2 rings (SSSR count). The number of nitrogens with one attached hydrogen (secondary N) is 1. The van der Waals surface area contributed by atoms with Gasteiger partial charge in [-0.1, -0.05) is 36.4 Å². The first-order valence-electron chi connectivity index (χ1n) is 7.54. The van der Waals surface area contributed by atoms with Crippen molar-refractivity contribution in [3.8, 4) is 0 Å². The molecule has 1 aromatic carbocycles. The number of hydrogen-bond donors (Lipinski definition) is 1. The summed E-state index contributed by atoms with van der Waals surface area (Å²) in [5.41, 5.74) is 1.48. The molecule has 1 atom stereocenters. The monoisotopic (exact) mass is 312 g/mol. The minimum absolute atomic E-state index is 0.282. The van der Waals surface area contributed by atoms with E-state index < -0.39 is 12.0 Å². The summed E-state index contributed by atoms with van der Waals surface area (Å²) in [5.74, 6) is -0.817. The highest BCUT2D eigenvalue weighted by atomic mass is 16.5. The van der Waals surface area contributed by atoms with E-state index in [4.69, 9.17) is 4.74 Å². The molecule has 0 unspecified atom stereocenters. The van der Waals surface area contributed by atoms with E-state index in [0.29, 0.717) is 6.42 Å². The summed E-state index contributed by atoms with van der Waals surface area (Å²) < 4.78 is 4.78. The molecule has 0 radical (unpaired) electrons. The van der Waals surface area contributed by atoms with Crippen LogP contribution in [0.1, 0.15) is 28.9 Å². The smallest absolute Gasteiger partial charge is 0.328 e. The van der Waals surface area contributed by atoms with Crippen molar-refractivity contribution < 1.29 is 14.3 Å². The fourth-order valence-corrected chi connectivity index (χ4v) is 2.28. The van der Waals surface area contributed by atoms with Gasteiger partial charge >= 0.3 is 5.97 Å². The fourth-order valence-electron chi connectivity index (χ4n) is 2.28. The second-order valence-corrected chi connectivity index (χ2v) is 5.14. The van der Waals surface area contributed by atoms with Crippen LogP contribution in [-0.2, 0) is 16.0 Å². The zero-order valence-electron chi connectivity index (χ0n) is 13.1. The number of methoxy groups -OCH3 is 1. The van der Waals surface area contributed by atoms with Crippen molar-refractivity contribution >= 4 is 11.9 Å². The predicted molar refractivity (Wildman–Crippen MR) is 86.9 cm³/mol. The van der Waals surface area contributed by atoms with Gasteiger partial charge in [-0.2, -0.15) is 0 Å². The van der Waals surface area contributed by atoms with Crippen molar-refractivity contribution in [1.82, 2.24) is 10.3 Å². The molecular formula is C18H20N2O3. The van der Waals surface area contributed by atoms with Crippen LogP contribution in [-0.4, -0.2) is 30.0 Å². The van der Waals surface area contributed by atoms with Gasteiger partial charge in [0.1, 0.15) is 11.7 Å². The lowest BCUT2D eigenvalue weighted by Gasteiger charge is -2.16. The first kappa shape index (κ1) is 16.7. The third-order valence-corrected chi connectivity index (χ3v) is 3.49. The molecule has 0 saturated carbocycles. The van der Waals surface area contributed by atoms with Gasteiger partial charge in [-0.15, -0.1) is 0 Å². The van der Waals surface area contributed by atoms with Crippen LogP contribution in [0.4, 0.5) is 0 Å². The molecule has 23 heavy (non-hydrogen) atoms. The van der Waals surface area contributed by atoms with Gasteiger partial charge in [0, 0.05) is 6.20 Å². The molecule has 1 aromatic heterocycles. The molecular weight excluding hydrogens is 292 g/mol. The topological polar surface area (TPSA) is 68.3 Å². The number of aryl methyl sites for hydroxylation is 1. The van der Waals surface area contributed by atoms with Crippen LogP contribution in [0, 0.1) is 0 Å². The minimum Gasteiger partial charge on any atom is -0.467 e. The van der Waals surface area contributed by atoms with Gasteiger partial charge in [-0.25, -0.2) is 4.79 Å². The van der Waals surface area contributed by atoms with Crippen LogP contribution < -0.4 is 5.32 Å². The molecule has 5 nitrogen and oxygen atoms in total. The number of nitrogens with zero attached hydrogens (tertiary/aromatic N) is 1. The van der Waals surface area contributed by atoms with Crippen LogP contribution in [0.3, 0.4) is 0 Å². The quantitative estimate of drug-likeness (QED) is 0.797. The maximum absolute atomic E-state index is 12.1. The normalized spacial score (nSPS) is 11.5. The van der Waals surface area contributed by atoms with Crippen molar-refractivity contribution in [2.45, 2.75) is 25.3 Å². The lowest BCUT2D eigenvalue weighted by atomic mass is 10.0. The summed E-state index contributed by atoms with van der Waals surface area (Å²) >= 11 is 0. The number of rotatable bonds is 7. The average molecular weight is 312 g/mol. The summed E-state index contributed by atoms with van der Waals surface area (Å²) in [6, 6.07) is 14.4. The van der Waals surface area contributed by atoms with E-state index in [1.807, 2.05) is 30.3 Å². The van der Waals surface area contributed by atoms with Crippen LogP contribution in [0.25, 0.3) is 0 Å². The van der Waals surface area contributed by atoms with E-state index in [2.05, 4.69) is 10.3 Å². The lowest BCUT2D eigenvalue weighted by molar-refractivity contribution is -0.143. The number of amides is 1. The molecule has 1 amide bonds. The Kier molecular flexibility index (Phi) is 6.29. The first-order chi connectivity index (χ1) is 11.2. The second-order valence-electron chi connectivity index (χ2n) is 5.14. The molecule has 0 bridgehead atoms. The number of carbonyl (C=O) groups is 2.